The van der Waals surface area contributed by atoms with Gasteiger partial charge in [-0.3, -0.25) is 14.3 Å². The Morgan fingerprint density at radius 1 is 1.36 bits per heavy atom. The summed E-state index contributed by atoms with van der Waals surface area (Å²) in [4.78, 5) is 25.3. The lowest BCUT2D eigenvalue weighted by Crippen LogP contribution is -2.37. The molecule has 22 heavy (non-hydrogen) atoms. The van der Waals surface area contributed by atoms with Crippen LogP contribution in [-0.4, -0.2) is 51.8 Å². The Morgan fingerprint density at radius 3 is 2.86 bits per heavy atom. The number of rotatable bonds is 3. The first kappa shape index (κ1) is 15.0. The number of carbonyl (C=O) groups is 2. The minimum atomic E-state index is -0.277. The van der Waals surface area contributed by atoms with Gasteiger partial charge in [-0.1, -0.05) is 0 Å². The van der Waals surface area contributed by atoms with E-state index in [1.165, 1.54) is 6.92 Å². The number of likely N-dealkylation sites (tertiary alicyclic amines) is 1. The molecule has 0 unspecified atom stereocenters. The molecule has 120 valence electrons. The van der Waals surface area contributed by atoms with Crippen molar-refractivity contribution < 1.29 is 14.3 Å². The Kier molecular flexibility index (Phi) is 4.15. The van der Waals surface area contributed by atoms with E-state index in [9.17, 15) is 9.59 Å². The smallest absolute Gasteiger partial charge is 0.251 e. The van der Waals surface area contributed by atoms with Crippen molar-refractivity contribution in [1.82, 2.24) is 14.7 Å². The molecule has 2 fully saturated rings. The molecular weight excluding hydrogens is 284 g/mol. The second-order valence-electron chi connectivity index (χ2n) is 6.10. The highest BCUT2D eigenvalue weighted by Crippen LogP contribution is 2.26. The third-order valence-corrected chi connectivity index (χ3v) is 4.27. The molecule has 3 rings (SSSR count). The fraction of sp³-hybridized carbons (Fsp3) is 0.667. The van der Waals surface area contributed by atoms with Crippen LogP contribution in [0.5, 0.6) is 0 Å². The summed E-state index contributed by atoms with van der Waals surface area (Å²) in [5.41, 5.74) is 0. The average molecular weight is 306 g/mol. The van der Waals surface area contributed by atoms with E-state index in [4.69, 9.17) is 4.74 Å². The van der Waals surface area contributed by atoms with Crippen molar-refractivity contribution in [3.8, 4) is 0 Å². The van der Waals surface area contributed by atoms with Gasteiger partial charge in [0.15, 0.2) is 5.82 Å². The van der Waals surface area contributed by atoms with Crippen molar-refractivity contribution in [2.24, 2.45) is 0 Å². The molecule has 0 aromatic carbocycles. The zero-order chi connectivity index (χ0) is 15.7. The first-order chi connectivity index (χ1) is 10.5. The first-order valence-corrected chi connectivity index (χ1v) is 7.80. The van der Waals surface area contributed by atoms with Crippen LogP contribution in [0.1, 0.15) is 39.2 Å². The van der Waals surface area contributed by atoms with Gasteiger partial charge in [-0.2, -0.15) is 5.10 Å². The second-order valence-corrected chi connectivity index (χ2v) is 6.10. The van der Waals surface area contributed by atoms with Gasteiger partial charge in [-0.05, 0) is 26.2 Å². The molecule has 0 saturated carbocycles. The van der Waals surface area contributed by atoms with Crippen LogP contribution in [0.3, 0.4) is 0 Å². The molecule has 2 saturated heterocycles. The number of anilines is 1. The quantitative estimate of drug-likeness (QED) is 0.910. The van der Waals surface area contributed by atoms with E-state index in [-0.39, 0.29) is 30.1 Å². The van der Waals surface area contributed by atoms with E-state index < -0.39 is 0 Å². The van der Waals surface area contributed by atoms with Crippen LogP contribution in [0.4, 0.5) is 5.82 Å². The van der Waals surface area contributed by atoms with Crippen molar-refractivity contribution >= 4 is 17.6 Å². The van der Waals surface area contributed by atoms with Gasteiger partial charge in [-0.25, -0.2) is 0 Å². The minimum absolute atomic E-state index is 0.0982. The molecule has 3 atom stereocenters. The van der Waals surface area contributed by atoms with E-state index in [0.717, 1.165) is 25.8 Å². The lowest BCUT2D eigenvalue weighted by molar-refractivity contribution is -0.141. The predicted molar refractivity (Wildman–Crippen MR) is 80.3 cm³/mol. The molecule has 0 spiro atoms. The molecule has 0 radical (unpaired) electrons. The summed E-state index contributed by atoms with van der Waals surface area (Å²) in [6, 6.07) is 1.93. The number of amides is 2. The summed E-state index contributed by atoms with van der Waals surface area (Å²) in [6.07, 6.45) is 4.38. The fourth-order valence-electron chi connectivity index (χ4n) is 3.13. The summed E-state index contributed by atoms with van der Waals surface area (Å²) in [6.45, 7) is 4.84. The zero-order valence-electron chi connectivity index (χ0n) is 13.0. The normalized spacial score (nSPS) is 28.1. The van der Waals surface area contributed by atoms with Gasteiger partial charge in [-0.15, -0.1) is 0 Å². The van der Waals surface area contributed by atoms with Gasteiger partial charge >= 0.3 is 0 Å². The number of hydrogen-bond donors (Lipinski definition) is 1. The Labute approximate surface area is 129 Å². The lowest BCUT2D eigenvalue weighted by Gasteiger charge is -2.20. The first-order valence-electron chi connectivity index (χ1n) is 7.80. The lowest BCUT2D eigenvalue weighted by atomic mass is 10.2. The maximum Gasteiger partial charge on any atom is 0.251 e. The van der Waals surface area contributed by atoms with Gasteiger partial charge in [0.1, 0.15) is 6.10 Å². The fourth-order valence-corrected chi connectivity index (χ4v) is 3.13. The van der Waals surface area contributed by atoms with Crippen LogP contribution >= 0.6 is 0 Å². The van der Waals surface area contributed by atoms with E-state index in [0.29, 0.717) is 12.4 Å². The molecule has 3 heterocycles. The van der Waals surface area contributed by atoms with Crippen molar-refractivity contribution in [3.63, 3.8) is 0 Å². The van der Waals surface area contributed by atoms with Crippen molar-refractivity contribution in [2.45, 2.75) is 51.4 Å². The summed E-state index contributed by atoms with van der Waals surface area (Å²) >= 11 is 0. The van der Waals surface area contributed by atoms with Crippen molar-refractivity contribution in [3.05, 3.63) is 12.3 Å². The number of carbonyl (C=O) groups excluding carboxylic acids is 2. The standard InChI is InChI=1S/C15H22N4O3/c1-10-3-4-13(22-10)15(21)18-7-5-12(9-18)19-8-6-14(17-19)16-11(2)20/h6,8,10,12-13H,3-5,7,9H2,1-2H3,(H,16,17,20)/t10-,12+,13-/m0/s1. The SMILES string of the molecule is CC(=O)Nc1ccn([C@@H]2CCN(C(=O)[C@@H]3CC[C@H](C)O3)C2)n1. The molecule has 7 nitrogen and oxygen atoms in total. The largest absolute Gasteiger partial charge is 0.365 e. The minimum Gasteiger partial charge on any atom is -0.365 e. The third kappa shape index (κ3) is 3.14. The van der Waals surface area contributed by atoms with Gasteiger partial charge in [0, 0.05) is 32.3 Å². The summed E-state index contributed by atoms with van der Waals surface area (Å²) in [5.74, 6) is 0.507. The molecule has 2 aliphatic heterocycles. The van der Waals surface area contributed by atoms with Crippen LogP contribution in [-0.2, 0) is 14.3 Å². The van der Waals surface area contributed by atoms with Crippen molar-refractivity contribution in [1.29, 1.82) is 0 Å². The van der Waals surface area contributed by atoms with Gasteiger partial charge in [0.2, 0.25) is 5.91 Å². The molecular formula is C15H22N4O3. The Balaban J connectivity index is 1.58. The molecule has 2 amide bonds. The van der Waals surface area contributed by atoms with Crippen molar-refractivity contribution in [2.75, 3.05) is 18.4 Å². The maximum atomic E-state index is 12.4. The zero-order valence-corrected chi connectivity index (χ0v) is 13.0. The second kappa shape index (κ2) is 6.08. The highest BCUT2D eigenvalue weighted by molar-refractivity contribution is 5.87. The number of nitrogens with one attached hydrogen (secondary N) is 1. The number of ether oxygens (including phenoxy) is 1. The van der Waals surface area contributed by atoms with Crippen LogP contribution in [0.2, 0.25) is 0 Å². The van der Waals surface area contributed by atoms with E-state index >= 15 is 0 Å². The Bertz CT molecular complexity index is 571. The average Bonchev–Trinajstić information content (AvgIpc) is 3.16. The summed E-state index contributed by atoms with van der Waals surface area (Å²) in [5, 5.41) is 7.01. The highest BCUT2D eigenvalue weighted by Gasteiger charge is 2.35. The maximum absolute atomic E-state index is 12.4. The van der Waals surface area contributed by atoms with E-state index in [2.05, 4.69) is 10.4 Å². The molecule has 1 N–H and O–H groups in total. The number of hydrogen-bond acceptors (Lipinski definition) is 4. The topological polar surface area (TPSA) is 76.5 Å². The molecule has 1 aromatic rings. The summed E-state index contributed by atoms with van der Waals surface area (Å²) in [7, 11) is 0. The molecule has 2 aliphatic rings. The number of nitrogens with zero attached hydrogens (tertiary/aromatic N) is 3. The molecule has 1 aromatic heterocycles. The third-order valence-electron chi connectivity index (χ3n) is 4.27. The number of aromatic nitrogens is 2. The van der Waals surface area contributed by atoms with Gasteiger partial charge < -0.3 is 15.0 Å². The molecule has 0 bridgehead atoms. The van der Waals surface area contributed by atoms with E-state index in [1.54, 1.807) is 6.07 Å². The van der Waals surface area contributed by atoms with Crippen LogP contribution in [0.25, 0.3) is 0 Å². The van der Waals surface area contributed by atoms with Gasteiger partial charge in [0.25, 0.3) is 5.91 Å². The predicted octanol–water partition coefficient (Wildman–Crippen LogP) is 1.18. The van der Waals surface area contributed by atoms with Gasteiger partial charge in [0.05, 0.1) is 12.1 Å². The monoisotopic (exact) mass is 306 g/mol. The molecule has 0 aliphatic carbocycles. The van der Waals surface area contributed by atoms with E-state index in [1.807, 2.05) is 22.7 Å². The summed E-state index contributed by atoms with van der Waals surface area (Å²) < 4.78 is 7.49. The molecule has 7 heteroatoms. The Hall–Kier alpha value is -1.89. The highest BCUT2D eigenvalue weighted by atomic mass is 16.5. The van der Waals surface area contributed by atoms with Crippen LogP contribution in [0, 0.1) is 0 Å². The Morgan fingerprint density at radius 2 is 2.18 bits per heavy atom. The van der Waals surface area contributed by atoms with Crippen LogP contribution < -0.4 is 5.32 Å². The van der Waals surface area contributed by atoms with Crippen LogP contribution in [0.15, 0.2) is 12.3 Å².